The predicted molar refractivity (Wildman–Crippen MR) is 119 cm³/mol. The van der Waals surface area contributed by atoms with Gasteiger partial charge >= 0.3 is 0 Å². The second-order valence-electron chi connectivity index (χ2n) is 7.95. The summed E-state index contributed by atoms with van der Waals surface area (Å²) >= 11 is 5.85. The van der Waals surface area contributed by atoms with Crippen LogP contribution in [0.4, 0.5) is 11.5 Å². The summed E-state index contributed by atoms with van der Waals surface area (Å²) in [5.74, 6) is -0.394. The van der Waals surface area contributed by atoms with E-state index in [9.17, 15) is 9.59 Å². The first-order valence-electron chi connectivity index (χ1n) is 10.2. The van der Waals surface area contributed by atoms with Crippen molar-refractivity contribution in [3.63, 3.8) is 0 Å². The van der Waals surface area contributed by atoms with Crippen molar-refractivity contribution in [3.8, 4) is 0 Å². The summed E-state index contributed by atoms with van der Waals surface area (Å²) in [6, 6.07) is 5.37. The van der Waals surface area contributed by atoms with E-state index in [1.807, 2.05) is 0 Å². The Kier molecular flexibility index (Phi) is 6.20. The van der Waals surface area contributed by atoms with Gasteiger partial charge in [0, 0.05) is 30.6 Å². The van der Waals surface area contributed by atoms with Gasteiger partial charge < -0.3 is 20.0 Å². The quantitative estimate of drug-likeness (QED) is 0.615. The Balaban J connectivity index is 1.56. The molecule has 3 heterocycles. The summed E-state index contributed by atoms with van der Waals surface area (Å²) in [6.45, 7) is 0. The van der Waals surface area contributed by atoms with Gasteiger partial charge in [0.1, 0.15) is 17.1 Å². The lowest BCUT2D eigenvalue weighted by Gasteiger charge is -2.31. The van der Waals surface area contributed by atoms with Crippen molar-refractivity contribution in [2.75, 3.05) is 24.7 Å². The summed E-state index contributed by atoms with van der Waals surface area (Å²) in [5, 5.41) is 6.65. The Morgan fingerprint density at radius 3 is 2.55 bits per heavy atom. The molecule has 1 saturated carbocycles. The van der Waals surface area contributed by atoms with Crippen molar-refractivity contribution in [2.24, 2.45) is 5.92 Å². The normalized spacial score (nSPS) is 18.8. The number of fused-ring (bicyclic) bond motifs is 1. The summed E-state index contributed by atoms with van der Waals surface area (Å²) in [6.07, 6.45) is 8.13. The van der Waals surface area contributed by atoms with Crippen molar-refractivity contribution in [3.05, 3.63) is 47.6 Å². The predicted octanol–water partition coefficient (Wildman–Crippen LogP) is 4.19. The van der Waals surface area contributed by atoms with E-state index in [0.717, 1.165) is 25.7 Å². The Labute approximate surface area is 185 Å². The van der Waals surface area contributed by atoms with Crippen LogP contribution in [0.25, 0.3) is 11.0 Å². The van der Waals surface area contributed by atoms with E-state index in [4.69, 9.17) is 16.0 Å². The van der Waals surface area contributed by atoms with Crippen LogP contribution >= 0.6 is 11.6 Å². The maximum Gasteiger partial charge on any atom is 0.294 e. The van der Waals surface area contributed by atoms with Crippen LogP contribution in [0.2, 0.25) is 5.02 Å². The molecule has 162 valence electrons. The van der Waals surface area contributed by atoms with Crippen LogP contribution in [-0.2, 0) is 4.79 Å². The third-order valence-corrected chi connectivity index (χ3v) is 5.93. The number of amides is 2. The maximum atomic E-state index is 13.0. The zero-order chi connectivity index (χ0) is 22.0. The van der Waals surface area contributed by atoms with Crippen LogP contribution in [0.3, 0.4) is 0 Å². The van der Waals surface area contributed by atoms with E-state index in [-0.39, 0.29) is 17.6 Å². The zero-order valence-corrected chi connectivity index (χ0v) is 18.1. The summed E-state index contributed by atoms with van der Waals surface area (Å²) < 4.78 is 5.77. The van der Waals surface area contributed by atoms with Crippen LogP contribution in [0.1, 0.15) is 36.2 Å². The number of rotatable bonds is 5. The number of nitrogens with zero attached hydrogens (tertiary/aromatic N) is 3. The molecule has 1 aliphatic carbocycles. The van der Waals surface area contributed by atoms with Gasteiger partial charge in [-0.2, -0.15) is 0 Å². The average Bonchev–Trinajstić information content (AvgIpc) is 3.14. The number of aromatic nitrogens is 2. The molecule has 0 bridgehead atoms. The first-order chi connectivity index (χ1) is 14.9. The highest BCUT2D eigenvalue weighted by molar-refractivity contribution is 6.30. The van der Waals surface area contributed by atoms with E-state index in [0.29, 0.717) is 33.5 Å². The molecule has 3 aromatic rings. The number of hydrogen-bond donors (Lipinski definition) is 2. The van der Waals surface area contributed by atoms with E-state index >= 15 is 0 Å². The largest absolute Gasteiger partial charge is 0.448 e. The van der Waals surface area contributed by atoms with Gasteiger partial charge in [-0.1, -0.05) is 11.6 Å². The first kappa shape index (κ1) is 21.3. The first-order valence-corrected chi connectivity index (χ1v) is 10.6. The highest BCUT2D eigenvalue weighted by atomic mass is 35.5. The molecule has 9 heteroatoms. The van der Waals surface area contributed by atoms with Crippen molar-refractivity contribution >= 4 is 45.9 Å². The smallest absolute Gasteiger partial charge is 0.294 e. The van der Waals surface area contributed by atoms with Crippen LogP contribution in [-0.4, -0.2) is 46.8 Å². The number of furan rings is 1. The summed E-state index contributed by atoms with van der Waals surface area (Å²) in [5.41, 5.74) is 0.796. The van der Waals surface area contributed by atoms with Crippen LogP contribution < -0.4 is 10.6 Å². The second-order valence-corrected chi connectivity index (χ2v) is 8.39. The van der Waals surface area contributed by atoms with Gasteiger partial charge in [-0.05, 0) is 58.0 Å². The lowest BCUT2D eigenvalue weighted by Crippen LogP contribution is -2.35. The standard InChI is InChI=1S/C22H24ClN5O3/c1-28(2)15-6-3-13(4-7-15)21(29)27-19-16-12-24-10-9-17(16)31-20(19)22(30)26-18-8-5-14(23)11-25-18/h5,8-13,15H,3-4,6-7H2,1-2H3,(H,27,29)(H,25,26,30)/t13-,15-. The molecular weight excluding hydrogens is 418 g/mol. The number of pyridine rings is 2. The third kappa shape index (κ3) is 4.70. The number of carbonyl (C=O) groups is 2. The Morgan fingerprint density at radius 1 is 1.10 bits per heavy atom. The molecule has 0 unspecified atom stereocenters. The molecule has 0 spiro atoms. The fourth-order valence-corrected chi connectivity index (χ4v) is 4.04. The topological polar surface area (TPSA) is 100 Å². The lowest BCUT2D eigenvalue weighted by molar-refractivity contribution is -0.121. The number of halogens is 1. The molecule has 4 rings (SSSR count). The molecule has 2 amide bonds. The molecule has 0 radical (unpaired) electrons. The SMILES string of the molecule is CN(C)[C@H]1CC[C@H](C(=O)Nc2c(C(=O)Nc3ccc(Cl)cn3)oc3ccncc23)CC1. The van der Waals surface area contributed by atoms with Crippen molar-refractivity contribution in [2.45, 2.75) is 31.7 Å². The van der Waals surface area contributed by atoms with Gasteiger partial charge in [-0.15, -0.1) is 0 Å². The van der Waals surface area contributed by atoms with E-state index < -0.39 is 5.91 Å². The van der Waals surface area contributed by atoms with Gasteiger partial charge in [0.25, 0.3) is 5.91 Å². The zero-order valence-electron chi connectivity index (χ0n) is 17.4. The lowest BCUT2D eigenvalue weighted by atomic mass is 9.85. The van der Waals surface area contributed by atoms with Gasteiger partial charge in [0.15, 0.2) is 0 Å². The minimum atomic E-state index is -0.516. The molecule has 0 atom stereocenters. The molecule has 3 aromatic heterocycles. The Hall–Kier alpha value is -2.97. The fraction of sp³-hybridized carbons (Fsp3) is 0.364. The summed E-state index contributed by atoms with van der Waals surface area (Å²) in [4.78, 5) is 36.3. The van der Waals surface area contributed by atoms with Crippen LogP contribution in [0.5, 0.6) is 0 Å². The molecule has 8 nitrogen and oxygen atoms in total. The number of anilines is 2. The third-order valence-electron chi connectivity index (χ3n) is 5.71. The molecule has 1 aliphatic rings. The molecule has 0 saturated heterocycles. The van der Waals surface area contributed by atoms with E-state index in [1.54, 1.807) is 30.6 Å². The van der Waals surface area contributed by atoms with Crippen molar-refractivity contribution < 1.29 is 14.0 Å². The van der Waals surface area contributed by atoms with Gasteiger partial charge in [-0.25, -0.2) is 4.98 Å². The van der Waals surface area contributed by atoms with Crippen LogP contribution in [0, 0.1) is 5.92 Å². The van der Waals surface area contributed by atoms with E-state index in [1.165, 1.54) is 6.20 Å². The van der Waals surface area contributed by atoms with Crippen molar-refractivity contribution in [1.82, 2.24) is 14.9 Å². The molecule has 1 fully saturated rings. The summed E-state index contributed by atoms with van der Waals surface area (Å²) in [7, 11) is 4.13. The van der Waals surface area contributed by atoms with Crippen LogP contribution in [0.15, 0.2) is 41.2 Å². The minimum absolute atomic E-state index is 0.00933. The van der Waals surface area contributed by atoms with Crippen molar-refractivity contribution in [1.29, 1.82) is 0 Å². The maximum absolute atomic E-state index is 13.0. The molecule has 2 N–H and O–H groups in total. The van der Waals surface area contributed by atoms with E-state index in [2.05, 4.69) is 39.6 Å². The highest BCUT2D eigenvalue weighted by Gasteiger charge is 2.30. The second kappa shape index (κ2) is 9.03. The molecular formula is C22H24ClN5O3. The fourth-order valence-electron chi connectivity index (χ4n) is 3.93. The van der Waals surface area contributed by atoms with Gasteiger partial charge in [0.2, 0.25) is 11.7 Å². The number of hydrogen-bond acceptors (Lipinski definition) is 6. The number of carbonyl (C=O) groups excluding carboxylic acids is 2. The minimum Gasteiger partial charge on any atom is -0.448 e. The Bertz CT molecular complexity index is 1090. The van der Waals surface area contributed by atoms with Gasteiger partial charge in [-0.3, -0.25) is 14.6 Å². The molecule has 31 heavy (non-hydrogen) atoms. The monoisotopic (exact) mass is 441 g/mol. The average molecular weight is 442 g/mol. The Morgan fingerprint density at radius 2 is 1.87 bits per heavy atom. The number of nitrogens with one attached hydrogen (secondary N) is 2. The molecule has 0 aromatic carbocycles. The van der Waals surface area contributed by atoms with Gasteiger partial charge in [0.05, 0.1) is 10.4 Å². The highest BCUT2D eigenvalue weighted by Crippen LogP contribution is 2.33. The molecule has 0 aliphatic heterocycles.